The van der Waals surface area contributed by atoms with Gasteiger partial charge in [-0.25, -0.2) is 0 Å². The lowest BCUT2D eigenvalue weighted by atomic mass is 10.2. The number of hydrogen-bond acceptors (Lipinski definition) is 2. The van der Waals surface area contributed by atoms with Crippen molar-refractivity contribution >= 4 is 6.21 Å². The van der Waals surface area contributed by atoms with Crippen molar-refractivity contribution in [3.05, 3.63) is 35.7 Å². The second-order valence-electron chi connectivity index (χ2n) is 2.47. The van der Waals surface area contributed by atoms with E-state index < -0.39 is 0 Å². The Bertz CT molecular complexity index is 206. The molecule has 0 spiro atoms. The Kier molecular flexibility index (Phi) is 5.70. The van der Waals surface area contributed by atoms with Crippen LogP contribution in [0.25, 0.3) is 0 Å². The highest BCUT2D eigenvalue weighted by atomic mass is 14.7. The molecule has 0 unspecified atom stereocenters. The monoisotopic (exact) mass is 164 g/mol. The van der Waals surface area contributed by atoms with Crippen LogP contribution in [0.15, 0.2) is 40.7 Å². The fourth-order valence-corrected chi connectivity index (χ4v) is 0.706. The van der Waals surface area contributed by atoms with Crippen LogP contribution in [0.1, 0.15) is 20.8 Å². The summed E-state index contributed by atoms with van der Waals surface area (Å²) >= 11 is 0. The average molecular weight is 164 g/mol. The fourth-order valence-electron chi connectivity index (χ4n) is 0.706. The molecule has 0 atom stereocenters. The molecule has 0 aliphatic heterocycles. The van der Waals surface area contributed by atoms with Gasteiger partial charge in [-0.1, -0.05) is 6.08 Å². The number of allylic oxidation sites excluding steroid dienone is 5. The van der Waals surface area contributed by atoms with Crippen LogP contribution in [-0.2, 0) is 0 Å². The Morgan fingerprint density at radius 1 is 1.25 bits per heavy atom. The molecule has 0 rings (SSSR count). The van der Waals surface area contributed by atoms with Crippen LogP contribution < -0.4 is 5.73 Å². The summed E-state index contributed by atoms with van der Waals surface area (Å²) in [5.74, 6) is 0. The van der Waals surface area contributed by atoms with E-state index in [1.165, 1.54) is 6.20 Å². The molecule has 12 heavy (non-hydrogen) atoms. The zero-order valence-corrected chi connectivity index (χ0v) is 7.91. The standard InChI is InChI=1S/C10H16N2/c1-4-12-10(3)6-5-9(2)7-8-11/h4-8H,11H2,1-3H3/b8-7+,9-5-,10-6+,12-4?. The van der Waals surface area contributed by atoms with E-state index >= 15 is 0 Å². The first-order valence-electron chi connectivity index (χ1n) is 3.93. The van der Waals surface area contributed by atoms with E-state index in [1.54, 1.807) is 6.21 Å². The van der Waals surface area contributed by atoms with Crippen LogP contribution in [0.5, 0.6) is 0 Å². The molecule has 0 amide bonds. The quantitative estimate of drug-likeness (QED) is 0.505. The van der Waals surface area contributed by atoms with E-state index in [0.717, 1.165) is 11.3 Å². The second kappa shape index (κ2) is 6.40. The summed E-state index contributed by atoms with van der Waals surface area (Å²) in [6, 6.07) is 0. The van der Waals surface area contributed by atoms with E-state index in [9.17, 15) is 0 Å². The summed E-state index contributed by atoms with van der Waals surface area (Å²) in [4.78, 5) is 4.09. The zero-order chi connectivity index (χ0) is 9.40. The van der Waals surface area contributed by atoms with Crippen LogP contribution in [0, 0.1) is 0 Å². The highest BCUT2D eigenvalue weighted by Gasteiger charge is 1.79. The average Bonchev–Trinajstić information content (AvgIpc) is 2.02. The molecule has 2 heteroatoms. The predicted molar refractivity (Wildman–Crippen MR) is 55.0 cm³/mol. The summed E-state index contributed by atoms with van der Waals surface area (Å²) in [7, 11) is 0. The molecular weight excluding hydrogens is 148 g/mol. The van der Waals surface area contributed by atoms with Crippen molar-refractivity contribution in [2.45, 2.75) is 20.8 Å². The summed E-state index contributed by atoms with van der Waals surface area (Å²) in [5.41, 5.74) is 7.33. The van der Waals surface area contributed by atoms with E-state index in [2.05, 4.69) is 4.99 Å². The molecule has 0 aliphatic carbocycles. The van der Waals surface area contributed by atoms with Gasteiger partial charge in [-0.05, 0) is 44.7 Å². The molecule has 0 aromatic heterocycles. The molecule has 2 N–H and O–H groups in total. The van der Waals surface area contributed by atoms with Gasteiger partial charge in [0.15, 0.2) is 0 Å². The van der Waals surface area contributed by atoms with Crippen molar-refractivity contribution in [3.8, 4) is 0 Å². The minimum Gasteiger partial charge on any atom is -0.405 e. The van der Waals surface area contributed by atoms with E-state index in [0.29, 0.717) is 0 Å². The predicted octanol–water partition coefficient (Wildman–Crippen LogP) is 2.40. The maximum atomic E-state index is 5.22. The van der Waals surface area contributed by atoms with Crippen LogP contribution >= 0.6 is 0 Å². The normalized spacial score (nSPS) is 14.9. The van der Waals surface area contributed by atoms with Crippen molar-refractivity contribution in [2.24, 2.45) is 10.7 Å². The van der Waals surface area contributed by atoms with Crippen molar-refractivity contribution in [2.75, 3.05) is 0 Å². The summed E-state index contributed by atoms with van der Waals surface area (Å²) in [6.07, 6.45) is 9.08. The number of nitrogens with zero attached hydrogens (tertiary/aromatic N) is 1. The summed E-state index contributed by atoms with van der Waals surface area (Å²) in [5, 5.41) is 0. The Morgan fingerprint density at radius 3 is 2.42 bits per heavy atom. The van der Waals surface area contributed by atoms with Crippen LogP contribution in [-0.4, -0.2) is 6.21 Å². The maximum Gasteiger partial charge on any atom is 0.0368 e. The number of nitrogens with two attached hydrogens (primary N) is 1. The minimum absolute atomic E-state index is 0.988. The topological polar surface area (TPSA) is 38.4 Å². The molecule has 66 valence electrons. The fraction of sp³-hybridized carbons (Fsp3) is 0.300. The number of hydrogen-bond donors (Lipinski definition) is 1. The SMILES string of the molecule is CC=N/C(C)=C/C=C(C)\C=C\N. The van der Waals surface area contributed by atoms with Gasteiger partial charge in [0.05, 0.1) is 0 Å². The molecule has 0 radical (unpaired) electrons. The molecule has 0 fully saturated rings. The first-order valence-corrected chi connectivity index (χ1v) is 3.93. The molecule has 0 aliphatic rings. The van der Waals surface area contributed by atoms with E-state index in [1.807, 2.05) is 39.0 Å². The lowest BCUT2D eigenvalue weighted by Gasteiger charge is -1.89. The molecule has 0 saturated carbocycles. The van der Waals surface area contributed by atoms with Crippen molar-refractivity contribution in [3.63, 3.8) is 0 Å². The molecule has 0 bridgehead atoms. The number of aliphatic imine (C=N–C) groups is 1. The van der Waals surface area contributed by atoms with Crippen LogP contribution in [0.3, 0.4) is 0 Å². The molecule has 2 nitrogen and oxygen atoms in total. The van der Waals surface area contributed by atoms with Gasteiger partial charge in [0.1, 0.15) is 0 Å². The zero-order valence-electron chi connectivity index (χ0n) is 7.91. The Balaban J connectivity index is 4.26. The molecular formula is C10H16N2. The highest BCUT2D eigenvalue weighted by Crippen LogP contribution is 1.98. The third-order valence-corrected chi connectivity index (χ3v) is 1.28. The van der Waals surface area contributed by atoms with Crippen LogP contribution in [0.2, 0.25) is 0 Å². The number of rotatable bonds is 3. The van der Waals surface area contributed by atoms with Crippen LogP contribution in [0.4, 0.5) is 0 Å². The smallest absolute Gasteiger partial charge is 0.0368 e. The Morgan fingerprint density at radius 2 is 1.92 bits per heavy atom. The third-order valence-electron chi connectivity index (χ3n) is 1.28. The first kappa shape index (κ1) is 10.7. The molecule has 0 aromatic carbocycles. The largest absolute Gasteiger partial charge is 0.405 e. The van der Waals surface area contributed by atoms with Gasteiger partial charge >= 0.3 is 0 Å². The molecule has 0 saturated heterocycles. The van der Waals surface area contributed by atoms with Gasteiger partial charge in [-0.15, -0.1) is 0 Å². The first-order chi connectivity index (χ1) is 5.70. The third kappa shape index (κ3) is 5.47. The highest BCUT2D eigenvalue weighted by molar-refractivity contribution is 5.55. The Labute approximate surface area is 74.2 Å². The second-order valence-corrected chi connectivity index (χ2v) is 2.47. The van der Waals surface area contributed by atoms with Gasteiger partial charge in [0.2, 0.25) is 0 Å². The summed E-state index contributed by atoms with van der Waals surface area (Å²) in [6.45, 7) is 5.84. The Hall–Kier alpha value is -1.31. The maximum absolute atomic E-state index is 5.22. The van der Waals surface area contributed by atoms with E-state index in [4.69, 9.17) is 5.73 Å². The summed E-state index contributed by atoms with van der Waals surface area (Å²) < 4.78 is 0. The van der Waals surface area contributed by atoms with Crippen molar-refractivity contribution < 1.29 is 0 Å². The van der Waals surface area contributed by atoms with E-state index in [-0.39, 0.29) is 0 Å². The van der Waals surface area contributed by atoms with Gasteiger partial charge in [-0.2, -0.15) is 0 Å². The van der Waals surface area contributed by atoms with Crippen molar-refractivity contribution in [1.82, 2.24) is 0 Å². The molecule has 0 aromatic rings. The van der Waals surface area contributed by atoms with Gasteiger partial charge < -0.3 is 5.73 Å². The lowest BCUT2D eigenvalue weighted by molar-refractivity contribution is 1.31. The van der Waals surface area contributed by atoms with Gasteiger partial charge in [0, 0.05) is 11.9 Å². The van der Waals surface area contributed by atoms with Gasteiger partial charge in [-0.3, -0.25) is 4.99 Å². The van der Waals surface area contributed by atoms with Gasteiger partial charge in [0.25, 0.3) is 0 Å². The lowest BCUT2D eigenvalue weighted by Crippen LogP contribution is -1.77. The minimum atomic E-state index is 0.988. The molecule has 0 heterocycles. The van der Waals surface area contributed by atoms with Crippen molar-refractivity contribution in [1.29, 1.82) is 0 Å².